The van der Waals surface area contributed by atoms with Gasteiger partial charge in [0.05, 0.1) is 21.6 Å². The molecule has 0 aliphatic carbocycles. The molecule has 32 heavy (non-hydrogen) atoms. The van der Waals surface area contributed by atoms with Crippen molar-refractivity contribution >= 4 is 61.6 Å². The maximum atomic E-state index is 6.26. The molecule has 0 saturated heterocycles. The summed E-state index contributed by atoms with van der Waals surface area (Å²) < 4.78 is 1.10. The summed E-state index contributed by atoms with van der Waals surface area (Å²) in [6, 6.07) is 25.9. The van der Waals surface area contributed by atoms with Crippen LogP contribution in [0, 0.1) is 0 Å². The zero-order valence-electron chi connectivity index (χ0n) is 17.3. The number of aromatic nitrogens is 1. The lowest BCUT2D eigenvalue weighted by molar-refractivity contribution is 1.15. The van der Waals surface area contributed by atoms with Crippen molar-refractivity contribution in [2.75, 3.05) is 5.01 Å². The van der Waals surface area contributed by atoms with Crippen molar-refractivity contribution in [2.24, 2.45) is 10.1 Å². The zero-order chi connectivity index (χ0) is 21.9. The van der Waals surface area contributed by atoms with Gasteiger partial charge in [-0.2, -0.15) is 10.1 Å². The molecule has 6 heteroatoms. The predicted octanol–water partition coefficient (Wildman–Crippen LogP) is 7.52. The minimum absolute atomic E-state index is 0.649. The van der Waals surface area contributed by atoms with Gasteiger partial charge in [0.15, 0.2) is 5.84 Å². The number of rotatable bonds is 4. The number of fused-ring (bicyclic) bond motifs is 1. The molecule has 0 unspecified atom stereocenters. The van der Waals surface area contributed by atoms with Gasteiger partial charge in [-0.05, 0) is 48.9 Å². The number of hydrogen-bond donors (Lipinski definition) is 0. The molecule has 0 amide bonds. The Bertz CT molecular complexity index is 1370. The third-order valence-electron chi connectivity index (χ3n) is 4.97. The molecule has 0 bridgehead atoms. The fourth-order valence-electron chi connectivity index (χ4n) is 3.44. The van der Waals surface area contributed by atoms with Crippen molar-refractivity contribution in [1.82, 2.24) is 4.98 Å². The summed E-state index contributed by atoms with van der Waals surface area (Å²) in [6.07, 6.45) is 6.14. The Morgan fingerprint density at radius 1 is 0.969 bits per heavy atom. The standard InChI is InChI=1S/C26H19ClN4S/c1-18-22(14-7-11-19-9-3-2-4-10-19)25(31(30-18)21-13-8-12-20(27)17-21)29-26-28-23-15-5-6-16-24(23)32-26/h2-17H,1H3/b11-7+,22-14-,29-25-. The number of allylic oxidation sites excluding steroid dienone is 2. The van der Waals surface area contributed by atoms with Crippen LogP contribution in [0.3, 0.4) is 0 Å². The second kappa shape index (κ2) is 8.91. The third-order valence-corrected chi connectivity index (χ3v) is 6.13. The molecule has 1 aliphatic rings. The van der Waals surface area contributed by atoms with E-state index in [-0.39, 0.29) is 0 Å². The van der Waals surface area contributed by atoms with Gasteiger partial charge in [0.2, 0.25) is 5.13 Å². The summed E-state index contributed by atoms with van der Waals surface area (Å²) >= 11 is 7.82. The number of hydrazone groups is 1. The summed E-state index contributed by atoms with van der Waals surface area (Å²) in [7, 11) is 0. The number of hydrogen-bond acceptors (Lipinski definition) is 4. The van der Waals surface area contributed by atoms with Gasteiger partial charge in [0.25, 0.3) is 0 Å². The first-order chi connectivity index (χ1) is 15.7. The third kappa shape index (κ3) is 4.26. The van der Waals surface area contributed by atoms with Gasteiger partial charge in [-0.1, -0.05) is 83.6 Å². The number of nitrogens with zero attached hydrogens (tertiary/aromatic N) is 4. The Kier molecular flexibility index (Phi) is 5.67. The summed E-state index contributed by atoms with van der Waals surface area (Å²) in [4.78, 5) is 9.62. The van der Waals surface area contributed by atoms with Crippen molar-refractivity contribution < 1.29 is 0 Å². The van der Waals surface area contributed by atoms with Crippen LogP contribution < -0.4 is 5.01 Å². The topological polar surface area (TPSA) is 40.9 Å². The Morgan fingerprint density at radius 2 is 1.78 bits per heavy atom. The maximum Gasteiger partial charge on any atom is 0.212 e. The molecular formula is C26H19ClN4S. The van der Waals surface area contributed by atoms with Gasteiger partial charge < -0.3 is 0 Å². The van der Waals surface area contributed by atoms with E-state index < -0.39 is 0 Å². The number of aliphatic imine (C=N–C) groups is 1. The zero-order valence-corrected chi connectivity index (χ0v) is 18.9. The average molecular weight is 455 g/mol. The largest absolute Gasteiger partial charge is 0.218 e. The molecule has 0 atom stereocenters. The molecule has 0 saturated carbocycles. The smallest absolute Gasteiger partial charge is 0.212 e. The molecule has 1 aromatic heterocycles. The van der Waals surface area contributed by atoms with Crippen molar-refractivity contribution in [3.8, 4) is 0 Å². The van der Waals surface area contributed by atoms with Crippen LogP contribution in [-0.4, -0.2) is 16.5 Å². The fourth-order valence-corrected chi connectivity index (χ4v) is 4.46. The molecule has 4 nitrogen and oxygen atoms in total. The Labute approximate surface area is 195 Å². The molecule has 2 heterocycles. The second-order valence-electron chi connectivity index (χ2n) is 7.23. The van der Waals surface area contributed by atoms with Crippen LogP contribution in [0.25, 0.3) is 16.3 Å². The van der Waals surface area contributed by atoms with E-state index in [0.717, 1.165) is 38.6 Å². The van der Waals surface area contributed by atoms with Crippen LogP contribution in [0.2, 0.25) is 5.02 Å². The van der Waals surface area contributed by atoms with Crippen molar-refractivity contribution in [3.05, 3.63) is 107 Å². The van der Waals surface area contributed by atoms with Gasteiger partial charge in [-0.25, -0.2) is 9.99 Å². The second-order valence-corrected chi connectivity index (χ2v) is 8.67. The molecule has 5 rings (SSSR count). The first-order valence-electron chi connectivity index (χ1n) is 10.2. The summed E-state index contributed by atoms with van der Waals surface area (Å²) in [5, 5.41) is 7.94. The Balaban J connectivity index is 1.58. The highest BCUT2D eigenvalue weighted by atomic mass is 35.5. The SMILES string of the molecule is CC1=NN(c2cccc(Cl)c2)C(=N\c2nc3ccccc3s2)/C1=C\C=C\c1ccccc1. The molecular weight excluding hydrogens is 436 g/mol. The van der Waals surface area contributed by atoms with Crippen molar-refractivity contribution in [1.29, 1.82) is 0 Å². The van der Waals surface area contributed by atoms with Crippen LogP contribution in [0.1, 0.15) is 12.5 Å². The van der Waals surface area contributed by atoms with Crippen LogP contribution in [-0.2, 0) is 0 Å². The van der Waals surface area contributed by atoms with Gasteiger partial charge in [0, 0.05) is 10.6 Å². The van der Waals surface area contributed by atoms with Gasteiger partial charge in [-0.15, -0.1) is 0 Å². The molecule has 156 valence electrons. The number of thiazole rings is 1. The highest BCUT2D eigenvalue weighted by molar-refractivity contribution is 7.22. The minimum Gasteiger partial charge on any atom is -0.218 e. The number of amidine groups is 1. The Hall–Kier alpha value is -3.54. The summed E-state index contributed by atoms with van der Waals surface area (Å²) in [5.41, 5.74) is 4.75. The van der Waals surface area contributed by atoms with Gasteiger partial charge in [-0.3, -0.25) is 0 Å². The molecule has 3 aromatic carbocycles. The summed E-state index contributed by atoms with van der Waals surface area (Å²) in [6.45, 7) is 1.99. The van der Waals surface area contributed by atoms with Crippen LogP contribution >= 0.6 is 22.9 Å². The number of halogens is 1. The van der Waals surface area contributed by atoms with Gasteiger partial charge in [0.1, 0.15) is 0 Å². The molecule has 0 spiro atoms. The van der Waals surface area contributed by atoms with E-state index in [0.29, 0.717) is 10.2 Å². The van der Waals surface area contributed by atoms with E-state index >= 15 is 0 Å². The predicted molar refractivity (Wildman–Crippen MR) is 137 cm³/mol. The first kappa shape index (κ1) is 20.4. The molecule has 1 aliphatic heterocycles. The van der Waals surface area contributed by atoms with Crippen molar-refractivity contribution in [2.45, 2.75) is 6.92 Å². The van der Waals surface area contributed by atoms with E-state index in [1.807, 2.05) is 84.7 Å². The van der Waals surface area contributed by atoms with E-state index in [9.17, 15) is 0 Å². The van der Waals surface area contributed by atoms with E-state index in [1.54, 1.807) is 11.3 Å². The first-order valence-corrected chi connectivity index (χ1v) is 11.4. The quantitative estimate of drug-likeness (QED) is 0.320. The van der Waals surface area contributed by atoms with Crippen LogP contribution in [0.5, 0.6) is 0 Å². The van der Waals surface area contributed by atoms with Crippen LogP contribution in [0.4, 0.5) is 10.8 Å². The number of anilines is 1. The molecule has 0 fully saturated rings. The molecule has 4 aromatic rings. The number of para-hydroxylation sites is 1. The van der Waals surface area contributed by atoms with Crippen molar-refractivity contribution in [3.63, 3.8) is 0 Å². The Morgan fingerprint density at radius 3 is 2.59 bits per heavy atom. The highest BCUT2D eigenvalue weighted by Crippen LogP contribution is 2.32. The van der Waals surface area contributed by atoms with Gasteiger partial charge >= 0.3 is 0 Å². The minimum atomic E-state index is 0.649. The number of benzene rings is 3. The lowest BCUT2D eigenvalue weighted by Gasteiger charge is -2.15. The maximum absolute atomic E-state index is 6.26. The lowest BCUT2D eigenvalue weighted by atomic mass is 10.1. The van der Waals surface area contributed by atoms with Crippen LogP contribution in [0.15, 0.2) is 107 Å². The monoisotopic (exact) mass is 454 g/mol. The lowest BCUT2D eigenvalue weighted by Crippen LogP contribution is -2.21. The highest BCUT2D eigenvalue weighted by Gasteiger charge is 2.27. The molecule has 0 N–H and O–H groups in total. The molecule has 0 radical (unpaired) electrons. The summed E-state index contributed by atoms with van der Waals surface area (Å²) in [5.74, 6) is 0.724. The van der Waals surface area contributed by atoms with E-state index in [2.05, 4.69) is 24.3 Å². The average Bonchev–Trinajstić information content (AvgIpc) is 3.35. The van der Waals surface area contributed by atoms with E-state index in [1.165, 1.54) is 0 Å². The van der Waals surface area contributed by atoms with E-state index in [4.69, 9.17) is 26.7 Å². The fraction of sp³-hybridized carbons (Fsp3) is 0.0385. The normalized spacial score (nSPS) is 16.6.